The highest BCUT2D eigenvalue weighted by Gasteiger charge is 2.37. The molecule has 1 aromatic heterocycles. The van der Waals surface area contributed by atoms with Crippen molar-refractivity contribution in [1.29, 1.82) is 0 Å². The summed E-state index contributed by atoms with van der Waals surface area (Å²) in [7, 11) is 0. The summed E-state index contributed by atoms with van der Waals surface area (Å²) < 4.78 is 35.4. The third kappa shape index (κ3) is 4.66. The van der Waals surface area contributed by atoms with Gasteiger partial charge in [-0.3, -0.25) is 9.59 Å². The lowest BCUT2D eigenvalue weighted by Crippen LogP contribution is -2.34. The second-order valence-corrected chi connectivity index (χ2v) is 4.20. The van der Waals surface area contributed by atoms with Crippen molar-refractivity contribution in [3.8, 4) is 0 Å². The Morgan fingerprint density at radius 1 is 1.35 bits per heavy atom. The zero-order chi connectivity index (χ0) is 12.9. The number of halogens is 3. The van der Waals surface area contributed by atoms with Crippen molar-refractivity contribution < 1.29 is 22.8 Å². The predicted octanol–water partition coefficient (Wildman–Crippen LogP) is 2.04. The molecule has 0 aliphatic heterocycles. The monoisotopic (exact) mass is 265 g/mol. The molecule has 3 nitrogen and oxygen atoms in total. The standard InChI is InChI=1S/C10H10F3NO2S/c11-10(12,13)9(16)6-14-4-3-7(15)8-2-1-5-17-8/h1-2,5,14H,3-4,6H2. The number of carbonyl (C=O) groups is 2. The fourth-order valence-corrected chi connectivity index (χ4v) is 1.76. The number of thiophene rings is 1. The Morgan fingerprint density at radius 3 is 2.59 bits per heavy atom. The molecule has 0 saturated carbocycles. The second kappa shape index (κ2) is 5.92. The molecule has 0 spiro atoms. The van der Waals surface area contributed by atoms with Crippen molar-refractivity contribution >= 4 is 22.9 Å². The fourth-order valence-electron chi connectivity index (χ4n) is 1.06. The molecule has 0 aliphatic carbocycles. The third-order valence-corrected chi connectivity index (χ3v) is 2.84. The highest BCUT2D eigenvalue weighted by Crippen LogP contribution is 2.15. The maximum Gasteiger partial charge on any atom is 0.451 e. The lowest BCUT2D eigenvalue weighted by atomic mass is 10.2. The largest absolute Gasteiger partial charge is 0.451 e. The van der Waals surface area contributed by atoms with Crippen LogP contribution in [0.4, 0.5) is 13.2 Å². The van der Waals surface area contributed by atoms with Gasteiger partial charge in [-0.25, -0.2) is 0 Å². The molecule has 0 bridgehead atoms. The number of carbonyl (C=O) groups excluding carboxylic acids is 2. The minimum absolute atomic E-state index is 0.0541. The molecular weight excluding hydrogens is 255 g/mol. The Hall–Kier alpha value is -1.21. The van der Waals surface area contributed by atoms with E-state index in [0.717, 1.165) is 0 Å². The summed E-state index contributed by atoms with van der Waals surface area (Å²) in [4.78, 5) is 22.4. The molecule has 1 N–H and O–H groups in total. The van der Waals surface area contributed by atoms with Gasteiger partial charge in [0, 0.05) is 13.0 Å². The van der Waals surface area contributed by atoms with Crippen LogP contribution < -0.4 is 5.32 Å². The van der Waals surface area contributed by atoms with Crippen LogP contribution in [-0.2, 0) is 4.79 Å². The quantitative estimate of drug-likeness (QED) is 0.632. The van der Waals surface area contributed by atoms with E-state index < -0.39 is 18.5 Å². The van der Waals surface area contributed by atoms with Gasteiger partial charge in [0.05, 0.1) is 11.4 Å². The lowest BCUT2D eigenvalue weighted by molar-refractivity contribution is -0.169. The summed E-state index contributed by atoms with van der Waals surface area (Å²) in [6.07, 6.45) is -4.74. The van der Waals surface area contributed by atoms with Crippen molar-refractivity contribution in [3.63, 3.8) is 0 Å². The Morgan fingerprint density at radius 2 is 2.06 bits per heavy atom. The van der Waals surface area contributed by atoms with Gasteiger partial charge >= 0.3 is 6.18 Å². The highest BCUT2D eigenvalue weighted by molar-refractivity contribution is 7.12. The number of hydrogen-bond donors (Lipinski definition) is 1. The van der Waals surface area contributed by atoms with E-state index in [1.807, 2.05) is 0 Å². The van der Waals surface area contributed by atoms with Crippen molar-refractivity contribution in [1.82, 2.24) is 5.32 Å². The first-order valence-electron chi connectivity index (χ1n) is 4.78. The summed E-state index contributed by atoms with van der Waals surface area (Å²) in [6, 6.07) is 3.37. The molecule has 17 heavy (non-hydrogen) atoms. The zero-order valence-electron chi connectivity index (χ0n) is 8.71. The van der Waals surface area contributed by atoms with E-state index in [1.54, 1.807) is 17.5 Å². The smallest absolute Gasteiger partial charge is 0.309 e. The molecule has 1 rings (SSSR count). The number of alkyl halides is 3. The van der Waals surface area contributed by atoms with Crippen LogP contribution in [0.5, 0.6) is 0 Å². The molecule has 0 radical (unpaired) electrons. The van der Waals surface area contributed by atoms with E-state index in [9.17, 15) is 22.8 Å². The van der Waals surface area contributed by atoms with Crippen LogP contribution in [0.1, 0.15) is 16.1 Å². The zero-order valence-corrected chi connectivity index (χ0v) is 9.53. The van der Waals surface area contributed by atoms with Gasteiger partial charge in [0.2, 0.25) is 5.78 Å². The van der Waals surface area contributed by atoms with Crippen LogP contribution in [0, 0.1) is 0 Å². The van der Waals surface area contributed by atoms with Crippen molar-refractivity contribution in [2.24, 2.45) is 0 Å². The van der Waals surface area contributed by atoms with Gasteiger partial charge in [-0.1, -0.05) is 6.07 Å². The average molecular weight is 265 g/mol. The molecule has 0 atom stereocenters. The van der Waals surface area contributed by atoms with Crippen molar-refractivity contribution in [2.45, 2.75) is 12.6 Å². The molecule has 94 valence electrons. The first kappa shape index (κ1) is 13.9. The van der Waals surface area contributed by atoms with Gasteiger partial charge in [-0.2, -0.15) is 13.2 Å². The van der Waals surface area contributed by atoms with Crippen LogP contribution in [0.2, 0.25) is 0 Å². The van der Waals surface area contributed by atoms with Crippen LogP contribution in [0.25, 0.3) is 0 Å². The van der Waals surface area contributed by atoms with Gasteiger partial charge in [-0.15, -0.1) is 11.3 Å². The van der Waals surface area contributed by atoms with Gasteiger partial charge in [-0.05, 0) is 11.4 Å². The first-order chi connectivity index (χ1) is 7.91. The van der Waals surface area contributed by atoms with Crippen molar-refractivity contribution in [2.75, 3.05) is 13.1 Å². The normalized spacial score (nSPS) is 11.5. The minimum atomic E-state index is -4.81. The van der Waals surface area contributed by atoms with E-state index in [0.29, 0.717) is 4.88 Å². The Bertz CT molecular complexity index is 387. The maximum absolute atomic E-state index is 11.8. The molecular formula is C10H10F3NO2S. The Balaban J connectivity index is 2.21. The average Bonchev–Trinajstić information content (AvgIpc) is 2.75. The van der Waals surface area contributed by atoms with Crippen LogP contribution in [0.3, 0.4) is 0 Å². The summed E-state index contributed by atoms with van der Waals surface area (Å²) in [5, 5.41) is 4.04. The van der Waals surface area contributed by atoms with E-state index in [2.05, 4.69) is 5.32 Å². The van der Waals surface area contributed by atoms with Gasteiger partial charge in [0.1, 0.15) is 0 Å². The minimum Gasteiger partial charge on any atom is -0.309 e. The molecule has 0 saturated heterocycles. The lowest BCUT2D eigenvalue weighted by Gasteiger charge is -2.05. The van der Waals surface area contributed by atoms with Gasteiger partial charge in [0.15, 0.2) is 5.78 Å². The third-order valence-electron chi connectivity index (χ3n) is 1.93. The fraction of sp³-hybridized carbons (Fsp3) is 0.400. The summed E-state index contributed by atoms with van der Waals surface area (Å²) >= 11 is 1.28. The van der Waals surface area contributed by atoms with E-state index in [1.165, 1.54) is 11.3 Å². The Kier molecular flexibility index (Phi) is 4.83. The van der Waals surface area contributed by atoms with E-state index >= 15 is 0 Å². The maximum atomic E-state index is 11.8. The number of nitrogens with one attached hydrogen (secondary N) is 1. The molecule has 1 aromatic rings. The van der Waals surface area contributed by atoms with Gasteiger partial charge < -0.3 is 5.32 Å². The molecule has 7 heteroatoms. The number of ketones is 2. The van der Waals surface area contributed by atoms with Gasteiger partial charge in [0.25, 0.3) is 0 Å². The molecule has 0 fully saturated rings. The summed E-state index contributed by atoms with van der Waals surface area (Å²) in [5.74, 6) is -1.98. The first-order valence-corrected chi connectivity index (χ1v) is 5.66. The van der Waals surface area contributed by atoms with Crippen LogP contribution >= 0.6 is 11.3 Å². The topological polar surface area (TPSA) is 46.2 Å². The number of hydrogen-bond acceptors (Lipinski definition) is 4. The van der Waals surface area contributed by atoms with E-state index in [4.69, 9.17) is 0 Å². The molecule has 0 amide bonds. The second-order valence-electron chi connectivity index (χ2n) is 3.25. The molecule has 1 heterocycles. The van der Waals surface area contributed by atoms with Crippen LogP contribution in [-0.4, -0.2) is 30.8 Å². The van der Waals surface area contributed by atoms with Crippen molar-refractivity contribution in [3.05, 3.63) is 22.4 Å². The number of Topliss-reactive ketones (excluding diaryl/α,β-unsaturated/α-hetero) is 2. The predicted molar refractivity (Wildman–Crippen MR) is 57.2 cm³/mol. The molecule has 0 aliphatic rings. The van der Waals surface area contributed by atoms with E-state index in [-0.39, 0.29) is 18.7 Å². The summed E-state index contributed by atoms with van der Waals surface area (Å²) in [5.41, 5.74) is 0. The molecule has 0 unspecified atom stereocenters. The SMILES string of the molecule is O=C(CCNCC(=O)C(F)(F)F)c1cccs1. The summed E-state index contributed by atoms with van der Waals surface area (Å²) in [6.45, 7) is -0.736. The number of rotatable bonds is 6. The highest BCUT2D eigenvalue weighted by atomic mass is 32.1. The molecule has 0 aromatic carbocycles. The van der Waals surface area contributed by atoms with Crippen LogP contribution in [0.15, 0.2) is 17.5 Å². The Labute approximate surface area is 99.6 Å².